The van der Waals surface area contributed by atoms with Crippen molar-refractivity contribution >= 4 is 23.7 Å². The predicted molar refractivity (Wildman–Crippen MR) is 298 cm³/mol. The third-order valence-electron chi connectivity index (χ3n) is 13.2. The van der Waals surface area contributed by atoms with Crippen molar-refractivity contribution in [3.63, 3.8) is 0 Å². The van der Waals surface area contributed by atoms with Crippen molar-refractivity contribution in [3.05, 3.63) is 203 Å². The van der Waals surface area contributed by atoms with Gasteiger partial charge in [-0.05, 0) is 109 Å². The number of benzene rings is 2. The first-order valence-corrected chi connectivity index (χ1v) is 26.6. The van der Waals surface area contributed by atoms with Crippen LogP contribution in [0.3, 0.4) is 0 Å². The van der Waals surface area contributed by atoms with Crippen molar-refractivity contribution in [2.75, 3.05) is 46.2 Å². The maximum Gasteiger partial charge on any atom is 3.00 e. The number of hydrogen-bond donors (Lipinski definition) is 1. The van der Waals surface area contributed by atoms with E-state index in [1.807, 2.05) is 146 Å². The molecule has 2 aromatic carbocycles. The molecule has 3 aliphatic rings. The van der Waals surface area contributed by atoms with Crippen molar-refractivity contribution in [2.24, 2.45) is 0 Å². The van der Waals surface area contributed by atoms with Crippen LogP contribution in [-0.4, -0.2) is 103 Å². The van der Waals surface area contributed by atoms with E-state index in [0.29, 0.717) is 115 Å². The summed E-state index contributed by atoms with van der Waals surface area (Å²) in [5, 5.41) is 10.3. The molecule has 0 amide bonds. The molecule has 0 spiro atoms. The summed E-state index contributed by atoms with van der Waals surface area (Å²) in [6, 6.07) is 49.0. The Hall–Kier alpha value is -6.60. The molecule has 0 atom stereocenters. The second-order valence-corrected chi connectivity index (χ2v) is 19.4. The number of nitrogens with zero attached hydrogens (tertiary/aromatic N) is 8. The molecule has 8 aromatic rings. The molecule has 3 aliphatic heterocycles. The quantitative estimate of drug-likeness (QED) is 0.0433. The maximum atomic E-state index is 14.1. The van der Waals surface area contributed by atoms with E-state index < -0.39 is 0 Å². The van der Waals surface area contributed by atoms with E-state index in [2.05, 4.69) is 9.80 Å². The molecular formula is C63H62EuN8O7+3. The zero-order chi connectivity index (χ0) is 53.3. The average molecular weight is 1200 g/mol. The van der Waals surface area contributed by atoms with Crippen molar-refractivity contribution in [3.8, 4) is 45.7 Å². The van der Waals surface area contributed by atoms with Gasteiger partial charge >= 0.3 is 49.4 Å². The fourth-order valence-electron chi connectivity index (χ4n) is 9.35. The minimum absolute atomic E-state index is 0. The number of hydrogen-bond acceptors (Lipinski definition) is 15. The van der Waals surface area contributed by atoms with Crippen molar-refractivity contribution in [2.45, 2.75) is 65.0 Å². The fraction of sp³-hybridized carbons (Fsp3) is 0.270. The summed E-state index contributed by atoms with van der Waals surface area (Å²) in [6.45, 7) is 5.15. The average Bonchev–Trinajstić information content (AvgIpc) is 3.50. The monoisotopic (exact) mass is 1200 g/mol. The Kier molecular flexibility index (Phi) is 21.0. The number of ether oxygens (including phenoxy) is 4. The van der Waals surface area contributed by atoms with Gasteiger partial charge in [0.2, 0.25) is 0 Å². The van der Waals surface area contributed by atoms with Gasteiger partial charge in [0.05, 0.1) is 94.8 Å². The molecule has 11 rings (SSSR count). The number of pyridine rings is 6. The van der Waals surface area contributed by atoms with E-state index in [1.165, 1.54) is 0 Å². The summed E-state index contributed by atoms with van der Waals surface area (Å²) in [4.78, 5) is 62.0. The summed E-state index contributed by atoms with van der Waals surface area (Å²) in [7, 11) is 0. The molecule has 0 saturated heterocycles. The summed E-state index contributed by atoms with van der Waals surface area (Å²) in [5.74, 6) is 0.153. The Morgan fingerprint density at radius 3 is 1.38 bits per heavy atom. The maximum absolute atomic E-state index is 14.1. The molecule has 0 radical (unpaired) electrons. The van der Waals surface area contributed by atoms with Crippen LogP contribution in [0.1, 0.15) is 81.3 Å². The molecule has 79 heavy (non-hydrogen) atoms. The fourth-order valence-corrected chi connectivity index (χ4v) is 9.35. The standard InChI is InChI=1S/C63H62N8O7.Eu/c72-54(44-78-63-35-46(27-28-62(63)74)26-25-45-11-2-1-3-12-45)18-9-29-75-31-33-77-34-32-76-30-10-24-61(73)47-36-53-43-71-41-50-15-6-21-57(66-50)55-19-4-13-48(64-55)38-70(40-52-17-8-23-59(68-52)60(37-47)69-53)39-49-14-5-20-56(65-49)58-22-7-16-51(42-71)67-58;/h1-8,11-17,19-23,25-28,35-37,74H,9-10,18,24,29-34,38-44H2;/q;+3/b26-25+;. The Morgan fingerprint density at radius 2 is 0.873 bits per heavy atom. The Balaban J connectivity index is 0.00000757. The van der Waals surface area contributed by atoms with Crippen LogP contribution in [0.4, 0.5) is 0 Å². The molecule has 16 heteroatoms. The van der Waals surface area contributed by atoms with Gasteiger partial charge in [0.1, 0.15) is 6.61 Å². The smallest absolute Gasteiger partial charge is 0.504 e. The molecule has 9 heterocycles. The second-order valence-electron chi connectivity index (χ2n) is 19.4. The van der Waals surface area contributed by atoms with Crippen LogP contribution in [0, 0.1) is 49.4 Å². The van der Waals surface area contributed by atoms with E-state index in [-0.39, 0.29) is 85.5 Å². The van der Waals surface area contributed by atoms with E-state index in [0.717, 1.165) is 68.1 Å². The van der Waals surface area contributed by atoms with Crippen LogP contribution in [0.5, 0.6) is 11.5 Å². The largest absolute Gasteiger partial charge is 3.00 e. The van der Waals surface area contributed by atoms with Crippen LogP contribution in [0.15, 0.2) is 152 Å². The molecule has 0 unspecified atom stereocenters. The normalized spacial score (nSPS) is 14.7. The van der Waals surface area contributed by atoms with Gasteiger partial charge in [-0.2, -0.15) is 0 Å². The van der Waals surface area contributed by atoms with Gasteiger partial charge in [-0.15, -0.1) is 0 Å². The van der Waals surface area contributed by atoms with E-state index in [1.54, 1.807) is 18.2 Å². The summed E-state index contributed by atoms with van der Waals surface area (Å²) < 4.78 is 22.9. The second kappa shape index (κ2) is 29.0. The zero-order valence-electron chi connectivity index (χ0n) is 44.0. The van der Waals surface area contributed by atoms with Gasteiger partial charge in [0, 0.05) is 70.9 Å². The number of rotatable bonds is 20. The van der Waals surface area contributed by atoms with Gasteiger partial charge < -0.3 is 24.1 Å². The molecule has 15 nitrogen and oxygen atoms in total. The Morgan fingerprint density at radius 1 is 0.443 bits per heavy atom. The van der Waals surface area contributed by atoms with Gasteiger partial charge in [-0.25, -0.2) is 29.9 Å². The first-order chi connectivity index (χ1) is 38.3. The van der Waals surface area contributed by atoms with E-state index in [4.69, 9.17) is 48.9 Å². The SMILES string of the molecule is O=C(CCCOCCOCCOCCCC(=O)c1cc2nc(c1)-c1cccc(n1)CN1Cc3cccc(n3)-c3cccc(n3)CN(Cc3cccc(n3)-c3cccc(n3)C1)C2)COc1cc(/C=C/c2ccccc2)ccc1O.[Eu+3]. The Labute approximate surface area is 501 Å². The molecular weight excluding hydrogens is 1130 g/mol. The summed E-state index contributed by atoms with van der Waals surface area (Å²) in [5.41, 5.74) is 12.1. The number of aromatic nitrogens is 6. The minimum Gasteiger partial charge on any atom is -0.504 e. The van der Waals surface area contributed by atoms with E-state index in [9.17, 15) is 14.7 Å². The molecule has 0 saturated carbocycles. The first kappa shape index (κ1) is 57.1. The van der Waals surface area contributed by atoms with Crippen molar-refractivity contribution < 1.29 is 83.0 Å². The van der Waals surface area contributed by atoms with Gasteiger partial charge in [0.25, 0.3) is 0 Å². The Bertz CT molecular complexity index is 3270. The topological polar surface area (TPSA) is 175 Å². The summed E-state index contributed by atoms with van der Waals surface area (Å²) in [6.07, 6.45) is 5.56. The van der Waals surface area contributed by atoms with Crippen LogP contribution < -0.4 is 4.74 Å². The number of aromatic hydroxyl groups is 1. The number of ketones is 2. The number of phenols is 1. The molecule has 6 aromatic heterocycles. The van der Waals surface area contributed by atoms with Crippen molar-refractivity contribution in [1.82, 2.24) is 39.7 Å². The molecule has 400 valence electrons. The van der Waals surface area contributed by atoms with Gasteiger partial charge in [-0.3, -0.25) is 19.4 Å². The number of phenolic OH excluding ortho intramolecular Hbond substituents is 1. The van der Waals surface area contributed by atoms with E-state index >= 15 is 0 Å². The van der Waals surface area contributed by atoms with Crippen LogP contribution in [0.25, 0.3) is 46.3 Å². The molecule has 14 bridgehead atoms. The zero-order valence-corrected chi connectivity index (χ0v) is 46.4. The van der Waals surface area contributed by atoms with Crippen LogP contribution >= 0.6 is 0 Å². The molecule has 1 N–H and O–H groups in total. The number of carbonyl (C=O) groups is 2. The summed E-state index contributed by atoms with van der Waals surface area (Å²) >= 11 is 0. The molecule has 0 fully saturated rings. The predicted octanol–water partition coefficient (Wildman–Crippen LogP) is 10.4. The van der Waals surface area contributed by atoms with Crippen molar-refractivity contribution in [1.29, 1.82) is 0 Å². The van der Waals surface area contributed by atoms with Gasteiger partial charge in [0.15, 0.2) is 23.1 Å². The van der Waals surface area contributed by atoms with Crippen LogP contribution in [-0.2, 0) is 58.3 Å². The number of carbonyl (C=O) groups excluding carboxylic acids is 2. The third-order valence-corrected chi connectivity index (χ3v) is 13.2. The number of Topliss-reactive ketones (excluding diaryl/α,β-unsaturated/α-hetero) is 2. The van der Waals surface area contributed by atoms with Gasteiger partial charge in [-0.1, -0.05) is 78.9 Å². The minimum atomic E-state index is -0.138. The first-order valence-electron chi connectivity index (χ1n) is 26.6. The molecule has 0 aliphatic carbocycles. The third kappa shape index (κ3) is 17.0. The van der Waals surface area contributed by atoms with Crippen LogP contribution in [0.2, 0.25) is 0 Å².